The van der Waals surface area contributed by atoms with Crippen LogP contribution in [0.1, 0.15) is 26.3 Å². The van der Waals surface area contributed by atoms with Crippen LogP contribution in [0, 0.1) is 0 Å². The van der Waals surface area contributed by atoms with Crippen LogP contribution in [0.2, 0.25) is 0 Å². The van der Waals surface area contributed by atoms with Gasteiger partial charge in [0, 0.05) is 22.7 Å². The Morgan fingerprint density at radius 2 is 1.28 bits per heavy atom. The Morgan fingerprint density at radius 3 is 1.90 bits per heavy atom. The summed E-state index contributed by atoms with van der Waals surface area (Å²) in [6.45, 7) is 0. The van der Waals surface area contributed by atoms with Crippen LogP contribution in [0.5, 0.6) is 0 Å². The maximum absolute atomic E-state index is 13.1. The van der Waals surface area contributed by atoms with Crippen molar-refractivity contribution in [3.05, 3.63) is 108 Å². The molecule has 1 aliphatic rings. The molecule has 0 radical (unpaired) electrons. The molecule has 0 unspecified atom stereocenters. The number of nitrogens with zero attached hydrogens (tertiary/aromatic N) is 2. The molecule has 4 heteroatoms. The minimum absolute atomic E-state index is 0.306. The van der Waals surface area contributed by atoms with Crippen molar-refractivity contribution in [2.24, 2.45) is 4.99 Å². The van der Waals surface area contributed by atoms with Gasteiger partial charge < -0.3 is 0 Å². The molecule has 0 saturated carbocycles. The van der Waals surface area contributed by atoms with E-state index in [0.717, 1.165) is 22.0 Å². The zero-order valence-corrected chi connectivity index (χ0v) is 15.4. The van der Waals surface area contributed by atoms with Crippen LogP contribution in [-0.4, -0.2) is 18.0 Å². The fourth-order valence-electron chi connectivity index (χ4n) is 3.64. The molecule has 1 aliphatic heterocycles. The average Bonchev–Trinajstić information content (AvgIpc) is 2.77. The second kappa shape index (κ2) is 6.84. The van der Waals surface area contributed by atoms with Crippen molar-refractivity contribution in [1.82, 2.24) is 0 Å². The van der Waals surface area contributed by atoms with E-state index in [1.165, 1.54) is 4.90 Å². The third-order valence-electron chi connectivity index (χ3n) is 5.04. The largest absolute Gasteiger partial charge is 0.268 e. The van der Waals surface area contributed by atoms with Crippen molar-refractivity contribution in [2.45, 2.75) is 0 Å². The van der Waals surface area contributed by atoms with Crippen molar-refractivity contribution < 1.29 is 9.59 Å². The van der Waals surface area contributed by atoms with E-state index in [2.05, 4.69) is 4.99 Å². The van der Waals surface area contributed by atoms with Gasteiger partial charge in [-0.15, -0.1) is 0 Å². The topological polar surface area (TPSA) is 49.7 Å². The highest BCUT2D eigenvalue weighted by atomic mass is 16.2. The molecule has 4 aromatic rings. The van der Waals surface area contributed by atoms with Gasteiger partial charge >= 0.3 is 0 Å². The average molecular weight is 376 g/mol. The molecule has 0 aliphatic carbocycles. The number of carbonyl (C=O) groups is 2. The molecule has 2 amide bonds. The number of rotatable bonds is 3. The Labute approximate surface area is 167 Å². The molecule has 4 aromatic carbocycles. The Morgan fingerprint density at radius 1 is 0.655 bits per heavy atom. The summed E-state index contributed by atoms with van der Waals surface area (Å²) in [7, 11) is 0. The first-order valence-corrected chi connectivity index (χ1v) is 9.32. The second-order valence-electron chi connectivity index (χ2n) is 6.84. The lowest BCUT2D eigenvalue weighted by Crippen LogP contribution is -2.40. The number of imide groups is 1. The van der Waals surface area contributed by atoms with Gasteiger partial charge in [-0.1, -0.05) is 54.6 Å². The van der Waals surface area contributed by atoms with Crippen molar-refractivity contribution in [3.63, 3.8) is 0 Å². The normalized spacial score (nSPS) is 13.4. The number of hydrogen-bond acceptors (Lipinski definition) is 3. The SMILES string of the molecule is O=C1c2cccc3cccc(c23)C(=O)N1c1ccc(N=Cc2ccccc2)cc1. The van der Waals surface area contributed by atoms with Gasteiger partial charge in [-0.2, -0.15) is 0 Å². The summed E-state index contributed by atoms with van der Waals surface area (Å²) in [5.41, 5.74) is 3.37. The van der Waals surface area contributed by atoms with Gasteiger partial charge in [0.25, 0.3) is 11.8 Å². The summed E-state index contributed by atoms with van der Waals surface area (Å²) in [5, 5.41) is 1.62. The highest BCUT2D eigenvalue weighted by Crippen LogP contribution is 2.33. The zero-order chi connectivity index (χ0) is 19.8. The number of aliphatic imine (C=N–C) groups is 1. The second-order valence-corrected chi connectivity index (χ2v) is 6.84. The van der Waals surface area contributed by atoms with E-state index in [1.807, 2.05) is 54.6 Å². The summed E-state index contributed by atoms with van der Waals surface area (Å²) in [6.07, 6.45) is 1.78. The van der Waals surface area contributed by atoms with E-state index in [9.17, 15) is 9.59 Å². The molecule has 0 saturated heterocycles. The Hall–Kier alpha value is -4.05. The number of hydrogen-bond donors (Lipinski definition) is 0. The predicted molar refractivity (Wildman–Crippen MR) is 115 cm³/mol. The summed E-state index contributed by atoms with van der Waals surface area (Å²) in [6, 6.07) is 28.0. The van der Waals surface area contributed by atoms with Crippen LogP contribution in [0.25, 0.3) is 10.8 Å². The molecule has 1 heterocycles. The fourth-order valence-corrected chi connectivity index (χ4v) is 3.64. The van der Waals surface area contributed by atoms with Crippen molar-refractivity contribution in [3.8, 4) is 0 Å². The minimum Gasteiger partial charge on any atom is -0.268 e. The third kappa shape index (κ3) is 2.91. The maximum atomic E-state index is 13.1. The molecule has 0 N–H and O–H groups in total. The molecule has 29 heavy (non-hydrogen) atoms. The molecule has 4 nitrogen and oxygen atoms in total. The molecule has 0 aromatic heterocycles. The van der Waals surface area contributed by atoms with Crippen LogP contribution in [0.3, 0.4) is 0 Å². The van der Waals surface area contributed by atoms with E-state index < -0.39 is 0 Å². The van der Waals surface area contributed by atoms with Gasteiger partial charge in [-0.25, -0.2) is 4.90 Å². The Balaban J connectivity index is 1.49. The summed E-state index contributed by atoms with van der Waals surface area (Å²) >= 11 is 0. The molecule has 0 spiro atoms. The maximum Gasteiger partial charge on any atom is 0.265 e. The van der Waals surface area contributed by atoms with Gasteiger partial charge in [0.15, 0.2) is 0 Å². The van der Waals surface area contributed by atoms with E-state index in [4.69, 9.17) is 0 Å². The summed E-state index contributed by atoms with van der Waals surface area (Å²) in [5.74, 6) is -0.611. The van der Waals surface area contributed by atoms with E-state index in [-0.39, 0.29) is 11.8 Å². The highest BCUT2D eigenvalue weighted by Gasteiger charge is 2.33. The van der Waals surface area contributed by atoms with Gasteiger partial charge in [0.1, 0.15) is 0 Å². The molecular weight excluding hydrogens is 360 g/mol. The molecule has 138 valence electrons. The zero-order valence-electron chi connectivity index (χ0n) is 15.4. The molecular formula is C25H16N2O2. The number of amides is 2. The molecule has 0 fully saturated rings. The number of carbonyl (C=O) groups excluding carboxylic acids is 2. The smallest absolute Gasteiger partial charge is 0.265 e. The van der Waals surface area contributed by atoms with Crippen molar-refractivity contribution >= 4 is 40.2 Å². The minimum atomic E-state index is -0.306. The van der Waals surface area contributed by atoms with Gasteiger partial charge in [0.05, 0.1) is 11.4 Å². The van der Waals surface area contributed by atoms with Crippen LogP contribution in [-0.2, 0) is 0 Å². The van der Waals surface area contributed by atoms with Crippen LogP contribution in [0.4, 0.5) is 11.4 Å². The van der Waals surface area contributed by atoms with Crippen molar-refractivity contribution in [2.75, 3.05) is 4.90 Å². The summed E-state index contributed by atoms with van der Waals surface area (Å²) < 4.78 is 0. The van der Waals surface area contributed by atoms with Crippen molar-refractivity contribution in [1.29, 1.82) is 0 Å². The van der Waals surface area contributed by atoms with Crippen LogP contribution in [0.15, 0.2) is 96.0 Å². The Bertz CT molecular complexity index is 1220. The van der Waals surface area contributed by atoms with Gasteiger partial charge in [0.2, 0.25) is 0 Å². The van der Waals surface area contributed by atoms with Gasteiger partial charge in [-0.05, 0) is 47.3 Å². The molecule has 0 atom stereocenters. The Kier molecular flexibility index (Phi) is 4.03. The lowest BCUT2D eigenvalue weighted by molar-refractivity contribution is 0.0893. The summed E-state index contributed by atoms with van der Waals surface area (Å²) in [4.78, 5) is 31.9. The molecule has 5 rings (SSSR count). The quantitative estimate of drug-likeness (QED) is 0.355. The van der Waals surface area contributed by atoms with Crippen LogP contribution >= 0.6 is 0 Å². The number of anilines is 1. The fraction of sp³-hybridized carbons (Fsp3) is 0. The van der Waals surface area contributed by atoms with Gasteiger partial charge in [-0.3, -0.25) is 14.6 Å². The van der Waals surface area contributed by atoms with Crippen LogP contribution < -0.4 is 4.90 Å². The van der Waals surface area contributed by atoms with E-state index in [1.54, 1.807) is 42.6 Å². The predicted octanol–water partition coefficient (Wildman–Crippen LogP) is 5.39. The highest BCUT2D eigenvalue weighted by molar-refractivity contribution is 6.35. The first-order chi connectivity index (χ1) is 14.2. The lowest BCUT2D eigenvalue weighted by atomic mass is 9.94. The first kappa shape index (κ1) is 17.1. The standard InChI is InChI=1S/C25H16N2O2/c28-24-21-10-4-8-18-9-5-11-22(23(18)21)25(29)27(24)20-14-12-19(13-15-20)26-16-17-6-2-1-3-7-17/h1-16H. The number of benzene rings is 4. The van der Waals surface area contributed by atoms with E-state index in [0.29, 0.717) is 16.8 Å². The van der Waals surface area contributed by atoms with E-state index >= 15 is 0 Å². The lowest BCUT2D eigenvalue weighted by Gasteiger charge is -2.27. The third-order valence-corrected chi connectivity index (χ3v) is 5.04. The monoisotopic (exact) mass is 376 g/mol. The molecule has 0 bridgehead atoms. The first-order valence-electron chi connectivity index (χ1n) is 9.32.